The third-order valence-electron chi connectivity index (χ3n) is 2.08. The SMILES string of the molecule is CCC(O)CCNCc1cn(C)nn1. The monoisotopic (exact) mass is 198 g/mol. The van der Waals surface area contributed by atoms with Crippen molar-refractivity contribution in [2.45, 2.75) is 32.4 Å². The Hall–Kier alpha value is -0.940. The average molecular weight is 198 g/mol. The molecule has 0 aliphatic heterocycles. The zero-order chi connectivity index (χ0) is 10.4. The molecule has 80 valence electrons. The van der Waals surface area contributed by atoms with Crippen molar-refractivity contribution in [2.75, 3.05) is 6.54 Å². The summed E-state index contributed by atoms with van der Waals surface area (Å²) in [6, 6.07) is 0. The molecule has 0 saturated heterocycles. The van der Waals surface area contributed by atoms with Crippen LogP contribution >= 0.6 is 0 Å². The van der Waals surface area contributed by atoms with Crippen LogP contribution in [-0.2, 0) is 13.6 Å². The van der Waals surface area contributed by atoms with E-state index in [1.807, 2.05) is 20.2 Å². The highest BCUT2D eigenvalue weighted by atomic mass is 16.3. The van der Waals surface area contributed by atoms with Crippen LogP contribution in [0.2, 0.25) is 0 Å². The molecule has 1 atom stereocenters. The lowest BCUT2D eigenvalue weighted by atomic mass is 10.2. The van der Waals surface area contributed by atoms with Gasteiger partial charge in [-0.05, 0) is 19.4 Å². The van der Waals surface area contributed by atoms with Crippen LogP contribution < -0.4 is 5.32 Å². The number of nitrogens with one attached hydrogen (secondary N) is 1. The van der Waals surface area contributed by atoms with Gasteiger partial charge in [0, 0.05) is 19.8 Å². The second-order valence-corrected chi connectivity index (χ2v) is 3.41. The van der Waals surface area contributed by atoms with Gasteiger partial charge in [-0.1, -0.05) is 12.1 Å². The van der Waals surface area contributed by atoms with E-state index in [-0.39, 0.29) is 6.10 Å². The molecule has 1 rings (SSSR count). The molecule has 5 heteroatoms. The maximum Gasteiger partial charge on any atom is 0.0964 e. The van der Waals surface area contributed by atoms with E-state index in [2.05, 4.69) is 15.6 Å². The molecular formula is C9H18N4O. The standard InChI is InChI=1S/C9H18N4O/c1-3-9(14)4-5-10-6-8-7-13(2)12-11-8/h7,9-10,14H,3-6H2,1-2H3. The molecule has 0 bridgehead atoms. The highest BCUT2D eigenvalue weighted by Crippen LogP contribution is 1.95. The van der Waals surface area contributed by atoms with Crippen LogP contribution in [0.4, 0.5) is 0 Å². The topological polar surface area (TPSA) is 63.0 Å². The van der Waals surface area contributed by atoms with Gasteiger partial charge < -0.3 is 10.4 Å². The molecule has 1 aromatic heterocycles. The maximum absolute atomic E-state index is 9.29. The fraction of sp³-hybridized carbons (Fsp3) is 0.778. The van der Waals surface area contributed by atoms with Crippen molar-refractivity contribution in [3.05, 3.63) is 11.9 Å². The molecule has 1 aromatic rings. The molecule has 0 spiro atoms. The van der Waals surface area contributed by atoms with E-state index in [4.69, 9.17) is 0 Å². The second-order valence-electron chi connectivity index (χ2n) is 3.41. The zero-order valence-electron chi connectivity index (χ0n) is 8.77. The molecule has 1 heterocycles. The Labute approximate surface area is 84.1 Å². The van der Waals surface area contributed by atoms with Crippen LogP contribution in [0.3, 0.4) is 0 Å². The number of aromatic nitrogens is 3. The first-order valence-electron chi connectivity index (χ1n) is 4.96. The van der Waals surface area contributed by atoms with Crippen LogP contribution in [0.15, 0.2) is 6.20 Å². The molecule has 0 aromatic carbocycles. The molecule has 2 N–H and O–H groups in total. The number of aliphatic hydroxyl groups excluding tert-OH is 1. The number of nitrogens with zero attached hydrogens (tertiary/aromatic N) is 3. The average Bonchev–Trinajstić information content (AvgIpc) is 2.58. The molecule has 1 unspecified atom stereocenters. The van der Waals surface area contributed by atoms with Crippen LogP contribution in [0.1, 0.15) is 25.5 Å². The second kappa shape index (κ2) is 5.72. The van der Waals surface area contributed by atoms with Crippen molar-refractivity contribution in [1.82, 2.24) is 20.3 Å². The first-order chi connectivity index (χ1) is 6.72. The van der Waals surface area contributed by atoms with Gasteiger partial charge in [0.1, 0.15) is 0 Å². The van der Waals surface area contributed by atoms with Gasteiger partial charge >= 0.3 is 0 Å². The minimum Gasteiger partial charge on any atom is -0.393 e. The predicted molar refractivity (Wildman–Crippen MR) is 53.6 cm³/mol. The Bertz CT molecular complexity index is 261. The summed E-state index contributed by atoms with van der Waals surface area (Å²) >= 11 is 0. The van der Waals surface area contributed by atoms with Gasteiger partial charge in [0.25, 0.3) is 0 Å². The number of aliphatic hydroxyl groups is 1. The lowest BCUT2D eigenvalue weighted by molar-refractivity contribution is 0.159. The van der Waals surface area contributed by atoms with Gasteiger partial charge in [-0.2, -0.15) is 0 Å². The summed E-state index contributed by atoms with van der Waals surface area (Å²) in [5.74, 6) is 0. The van der Waals surface area contributed by atoms with Crippen molar-refractivity contribution in [3.8, 4) is 0 Å². The van der Waals surface area contributed by atoms with Crippen molar-refractivity contribution in [3.63, 3.8) is 0 Å². The Morgan fingerprint density at radius 3 is 3.00 bits per heavy atom. The van der Waals surface area contributed by atoms with Crippen molar-refractivity contribution < 1.29 is 5.11 Å². The number of hydrogen-bond acceptors (Lipinski definition) is 4. The van der Waals surface area contributed by atoms with E-state index < -0.39 is 0 Å². The van der Waals surface area contributed by atoms with Crippen LogP contribution in [0, 0.1) is 0 Å². The van der Waals surface area contributed by atoms with Gasteiger partial charge in [0.2, 0.25) is 0 Å². The summed E-state index contributed by atoms with van der Waals surface area (Å²) in [6.07, 6.45) is 3.29. The van der Waals surface area contributed by atoms with Crippen LogP contribution in [-0.4, -0.2) is 32.7 Å². The van der Waals surface area contributed by atoms with Gasteiger partial charge in [-0.3, -0.25) is 4.68 Å². The first kappa shape index (κ1) is 11.1. The van der Waals surface area contributed by atoms with Gasteiger partial charge in [-0.15, -0.1) is 5.10 Å². The van der Waals surface area contributed by atoms with Crippen LogP contribution in [0.25, 0.3) is 0 Å². The molecule has 0 saturated carbocycles. The predicted octanol–water partition coefficient (Wildman–Crippen LogP) is 0.0657. The van der Waals surface area contributed by atoms with E-state index >= 15 is 0 Å². The van der Waals surface area contributed by atoms with Gasteiger partial charge in [-0.25, -0.2) is 0 Å². The number of rotatable bonds is 6. The lowest BCUT2D eigenvalue weighted by Crippen LogP contribution is -2.19. The zero-order valence-corrected chi connectivity index (χ0v) is 8.77. The highest BCUT2D eigenvalue weighted by molar-refractivity contribution is 4.90. The summed E-state index contributed by atoms with van der Waals surface area (Å²) in [6.45, 7) is 3.50. The number of aryl methyl sites for hydroxylation is 1. The quantitative estimate of drug-likeness (QED) is 0.635. The van der Waals surface area contributed by atoms with E-state index in [1.54, 1.807) is 4.68 Å². The number of hydrogen-bond donors (Lipinski definition) is 2. The Kier molecular flexibility index (Phi) is 4.55. The lowest BCUT2D eigenvalue weighted by Gasteiger charge is -2.07. The minimum absolute atomic E-state index is 0.190. The molecule has 14 heavy (non-hydrogen) atoms. The molecule has 0 fully saturated rings. The highest BCUT2D eigenvalue weighted by Gasteiger charge is 2.00. The van der Waals surface area contributed by atoms with E-state index in [1.165, 1.54) is 0 Å². The molecule has 0 aliphatic rings. The fourth-order valence-corrected chi connectivity index (χ4v) is 1.17. The Balaban J connectivity index is 2.10. The Morgan fingerprint density at radius 1 is 1.64 bits per heavy atom. The summed E-state index contributed by atoms with van der Waals surface area (Å²) in [5.41, 5.74) is 0.929. The third-order valence-corrected chi connectivity index (χ3v) is 2.08. The van der Waals surface area contributed by atoms with Crippen molar-refractivity contribution in [2.24, 2.45) is 7.05 Å². The Morgan fingerprint density at radius 2 is 2.43 bits per heavy atom. The molecule has 5 nitrogen and oxygen atoms in total. The van der Waals surface area contributed by atoms with Gasteiger partial charge in [0.15, 0.2) is 0 Å². The first-order valence-corrected chi connectivity index (χ1v) is 4.96. The molecule has 0 amide bonds. The fourth-order valence-electron chi connectivity index (χ4n) is 1.17. The summed E-state index contributed by atoms with van der Waals surface area (Å²) < 4.78 is 1.68. The van der Waals surface area contributed by atoms with E-state index in [9.17, 15) is 5.11 Å². The minimum atomic E-state index is -0.190. The van der Waals surface area contributed by atoms with E-state index in [0.717, 1.165) is 25.1 Å². The molecule has 0 aliphatic carbocycles. The molecule has 0 radical (unpaired) electrons. The van der Waals surface area contributed by atoms with Crippen molar-refractivity contribution >= 4 is 0 Å². The summed E-state index contributed by atoms with van der Waals surface area (Å²) in [7, 11) is 1.84. The van der Waals surface area contributed by atoms with Gasteiger partial charge in [0.05, 0.1) is 11.8 Å². The van der Waals surface area contributed by atoms with Crippen molar-refractivity contribution in [1.29, 1.82) is 0 Å². The largest absolute Gasteiger partial charge is 0.393 e. The summed E-state index contributed by atoms with van der Waals surface area (Å²) in [5, 5.41) is 20.3. The maximum atomic E-state index is 9.29. The third kappa shape index (κ3) is 3.85. The normalized spacial score (nSPS) is 13.1. The van der Waals surface area contributed by atoms with E-state index in [0.29, 0.717) is 6.54 Å². The smallest absolute Gasteiger partial charge is 0.0964 e. The molecular weight excluding hydrogens is 180 g/mol. The summed E-state index contributed by atoms with van der Waals surface area (Å²) in [4.78, 5) is 0. The van der Waals surface area contributed by atoms with Crippen LogP contribution in [0.5, 0.6) is 0 Å².